The smallest absolute Gasteiger partial charge is 0.283 e. The molecule has 0 unspecified atom stereocenters. The zero-order chi connectivity index (χ0) is 9.42. The molecule has 6 heteroatoms. The quantitative estimate of drug-likeness (QED) is 0.320. The van der Waals surface area contributed by atoms with Crippen LogP contribution in [-0.4, -0.2) is 20.4 Å². The molecule has 1 aliphatic heterocycles. The minimum absolute atomic E-state index is 0.130. The van der Waals surface area contributed by atoms with Crippen LogP contribution in [0.3, 0.4) is 0 Å². The molecule has 0 aromatic carbocycles. The largest absolute Gasteiger partial charge is 0.381 e. The zero-order valence-electron chi connectivity index (χ0n) is 6.76. The highest BCUT2D eigenvalue weighted by Gasteiger charge is 2.22. The first-order valence-electron chi connectivity index (χ1n) is 3.86. The molecule has 0 bridgehead atoms. The highest BCUT2D eigenvalue weighted by molar-refractivity contribution is 14.1. The third-order valence-electron chi connectivity index (χ3n) is 2.12. The summed E-state index contributed by atoms with van der Waals surface area (Å²) in [6, 6.07) is 0. The van der Waals surface area contributed by atoms with Crippen molar-refractivity contribution in [1.29, 1.82) is 5.41 Å². The second-order valence-electron chi connectivity index (χ2n) is 2.90. The lowest BCUT2D eigenvalue weighted by atomic mass is 10.1. The maximum atomic E-state index is 11.1. The number of nitrogens with zero attached hydrogens (tertiary/aromatic N) is 1. The molecule has 2 N–H and O–H groups in total. The van der Waals surface area contributed by atoms with Crippen LogP contribution in [0.5, 0.6) is 0 Å². The highest BCUT2D eigenvalue weighted by atomic mass is 127. The summed E-state index contributed by atoms with van der Waals surface area (Å²) in [4.78, 5) is 13.0. The van der Waals surface area contributed by atoms with E-state index in [0.29, 0.717) is 22.6 Å². The van der Waals surface area contributed by atoms with Crippen molar-refractivity contribution in [3.8, 4) is 0 Å². The Morgan fingerprint density at radius 1 is 1.69 bits per heavy atom. The molecule has 2 rings (SSSR count). The molecule has 0 amide bonds. The number of hydrogen-bond acceptors (Lipinski definition) is 3. The number of halogens is 1. The van der Waals surface area contributed by atoms with E-state index in [-0.39, 0.29) is 5.56 Å². The Balaban J connectivity index is 2.30. The summed E-state index contributed by atoms with van der Waals surface area (Å²) >= 11 is 1.95. The van der Waals surface area contributed by atoms with E-state index in [1.807, 2.05) is 27.5 Å². The number of aromatic nitrogens is 1. The van der Waals surface area contributed by atoms with Crippen LogP contribution in [0.2, 0.25) is 0 Å². The highest BCUT2D eigenvalue weighted by Crippen LogP contribution is 2.16. The Labute approximate surface area is 87.7 Å². The lowest BCUT2D eigenvalue weighted by Gasteiger charge is -2.24. The number of aromatic amines is 1. The van der Waals surface area contributed by atoms with Crippen LogP contribution in [0, 0.1) is 5.41 Å². The fraction of sp³-hybridized carbons (Fsp3) is 0.429. The third-order valence-corrected chi connectivity index (χ3v) is 2.80. The summed E-state index contributed by atoms with van der Waals surface area (Å²) < 4.78 is 5.47. The van der Waals surface area contributed by atoms with Crippen LogP contribution >= 0.6 is 22.6 Å². The van der Waals surface area contributed by atoms with Crippen molar-refractivity contribution in [1.82, 2.24) is 10.1 Å². The molecule has 0 aliphatic carbocycles. The van der Waals surface area contributed by atoms with Gasteiger partial charge >= 0.3 is 0 Å². The van der Waals surface area contributed by atoms with Gasteiger partial charge in [-0.05, 0) is 29.0 Å². The van der Waals surface area contributed by atoms with Crippen LogP contribution in [0.4, 0.5) is 0 Å². The monoisotopic (exact) mass is 293 g/mol. The van der Waals surface area contributed by atoms with Gasteiger partial charge < -0.3 is 9.42 Å². The first kappa shape index (κ1) is 8.79. The lowest BCUT2D eigenvalue weighted by molar-refractivity contribution is 0.305. The number of amidine groups is 1. The summed E-state index contributed by atoms with van der Waals surface area (Å²) in [6.07, 6.45) is 0.659. The minimum atomic E-state index is -0.130. The van der Waals surface area contributed by atoms with Crippen molar-refractivity contribution in [3.63, 3.8) is 0 Å². The van der Waals surface area contributed by atoms with Crippen LogP contribution < -0.4 is 5.56 Å². The van der Waals surface area contributed by atoms with Gasteiger partial charge in [0.2, 0.25) is 0 Å². The van der Waals surface area contributed by atoms with Crippen molar-refractivity contribution >= 4 is 26.4 Å². The number of hydrogen-bond donors (Lipinski definition) is 2. The lowest BCUT2D eigenvalue weighted by Crippen LogP contribution is -2.33. The van der Waals surface area contributed by atoms with Gasteiger partial charge in [-0.3, -0.25) is 10.2 Å². The van der Waals surface area contributed by atoms with Crippen molar-refractivity contribution in [2.24, 2.45) is 0 Å². The average Bonchev–Trinajstić information content (AvgIpc) is 2.47. The molecule has 0 spiro atoms. The predicted octanol–water partition coefficient (Wildman–Crippen LogP) is 0.696. The van der Waals surface area contributed by atoms with Crippen LogP contribution in [0.1, 0.15) is 11.3 Å². The Morgan fingerprint density at radius 3 is 3.15 bits per heavy atom. The summed E-state index contributed by atoms with van der Waals surface area (Å²) in [7, 11) is 0. The van der Waals surface area contributed by atoms with Gasteiger partial charge in [-0.2, -0.15) is 5.16 Å². The Hall–Kier alpha value is -0.790. The third kappa shape index (κ3) is 1.50. The maximum absolute atomic E-state index is 11.1. The summed E-state index contributed by atoms with van der Waals surface area (Å²) in [5.74, 6) is 0.665. The molecule has 5 nitrogen and oxygen atoms in total. The van der Waals surface area contributed by atoms with Gasteiger partial charge in [-0.15, -0.1) is 0 Å². The number of H-pyrrole nitrogens is 1. The van der Waals surface area contributed by atoms with Crippen molar-refractivity contribution in [2.75, 3.05) is 6.54 Å². The standard InChI is InChI=1S/C7H8IN3O2/c8-7(9)11-2-1-4-5(3-11)13-10-6(4)12/h9H,1-3H2,(H,10,12). The van der Waals surface area contributed by atoms with Gasteiger partial charge in [0.25, 0.3) is 5.56 Å². The van der Waals surface area contributed by atoms with E-state index in [0.717, 1.165) is 12.1 Å². The van der Waals surface area contributed by atoms with Gasteiger partial charge in [-0.25, -0.2) is 0 Å². The van der Waals surface area contributed by atoms with E-state index in [4.69, 9.17) is 9.93 Å². The van der Waals surface area contributed by atoms with Crippen molar-refractivity contribution in [3.05, 3.63) is 21.7 Å². The molecular weight excluding hydrogens is 285 g/mol. The van der Waals surface area contributed by atoms with E-state index < -0.39 is 0 Å². The molecular formula is C7H8IN3O2. The first-order valence-corrected chi connectivity index (χ1v) is 4.94. The van der Waals surface area contributed by atoms with E-state index in [1.165, 1.54) is 0 Å². The predicted molar refractivity (Wildman–Crippen MR) is 55.2 cm³/mol. The second kappa shape index (κ2) is 3.17. The van der Waals surface area contributed by atoms with Crippen LogP contribution in [-0.2, 0) is 13.0 Å². The molecule has 1 aromatic rings. The van der Waals surface area contributed by atoms with Gasteiger partial charge in [-0.1, -0.05) is 0 Å². The van der Waals surface area contributed by atoms with E-state index in [1.54, 1.807) is 0 Å². The Kier molecular flexibility index (Phi) is 2.14. The SMILES string of the molecule is N=C(I)N1CCc2c(o[nH]c2=O)C1. The number of rotatable bonds is 0. The van der Waals surface area contributed by atoms with E-state index >= 15 is 0 Å². The van der Waals surface area contributed by atoms with Crippen LogP contribution in [0.25, 0.3) is 0 Å². The minimum Gasteiger partial charge on any atom is -0.381 e. The molecule has 0 fully saturated rings. The molecule has 13 heavy (non-hydrogen) atoms. The molecule has 0 atom stereocenters. The van der Waals surface area contributed by atoms with Gasteiger partial charge in [0, 0.05) is 6.54 Å². The summed E-state index contributed by atoms with van der Waals surface area (Å²) in [6.45, 7) is 1.24. The van der Waals surface area contributed by atoms with E-state index in [9.17, 15) is 4.79 Å². The molecule has 70 valence electrons. The molecule has 0 radical (unpaired) electrons. The maximum Gasteiger partial charge on any atom is 0.283 e. The molecule has 0 saturated carbocycles. The number of nitrogens with one attached hydrogen (secondary N) is 2. The van der Waals surface area contributed by atoms with Crippen molar-refractivity contribution < 1.29 is 4.52 Å². The fourth-order valence-corrected chi connectivity index (χ4v) is 1.82. The topological polar surface area (TPSA) is 73.1 Å². The number of fused-ring (bicyclic) bond motifs is 1. The first-order chi connectivity index (χ1) is 6.18. The van der Waals surface area contributed by atoms with Crippen molar-refractivity contribution in [2.45, 2.75) is 13.0 Å². The summed E-state index contributed by atoms with van der Waals surface area (Å²) in [5.41, 5.74) is 0.600. The second-order valence-corrected chi connectivity index (χ2v) is 3.92. The molecule has 0 saturated heterocycles. The Morgan fingerprint density at radius 2 is 2.46 bits per heavy atom. The normalized spacial score (nSPS) is 15.6. The zero-order valence-corrected chi connectivity index (χ0v) is 8.92. The Bertz CT molecular complexity index is 395. The van der Waals surface area contributed by atoms with Gasteiger partial charge in [0.15, 0.2) is 9.60 Å². The van der Waals surface area contributed by atoms with Gasteiger partial charge in [0.05, 0.1) is 12.1 Å². The molecule has 1 aliphatic rings. The van der Waals surface area contributed by atoms with Crippen LogP contribution in [0.15, 0.2) is 9.32 Å². The summed E-state index contributed by atoms with van der Waals surface area (Å²) in [5, 5.41) is 9.73. The molecule has 1 aromatic heterocycles. The average molecular weight is 293 g/mol. The fourth-order valence-electron chi connectivity index (χ4n) is 1.41. The molecule has 2 heterocycles. The van der Waals surface area contributed by atoms with E-state index in [2.05, 4.69) is 5.16 Å². The van der Waals surface area contributed by atoms with Gasteiger partial charge in [0.1, 0.15) is 0 Å².